The van der Waals surface area contributed by atoms with E-state index in [0.29, 0.717) is 44.2 Å². The molecule has 224 valence electrons. The number of amides is 2. The molecule has 1 aliphatic carbocycles. The molecule has 14 heteroatoms. The standard InChI is InChI=1S/C26H41N5O8S/c1-40(38,39)31-18-8-6-7-17(15-18)16-21(24(35)36)30-25(37)26(11-3-4-12-26)13-10-20(23(33)34)29-22(32)19(28)9-2-5-14-27/h6-8,15,19-21,31H,2-5,9-14,16,27-28H2,1H3,(H,29,32)(H,30,37)(H,33,34)(H,35,36)/t19-,20-,21-/m0/s1. The lowest BCUT2D eigenvalue weighted by Gasteiger charge is -2.31. The van der Waals surface area contributed by atoms with Gasteiger partial charge in [-0.05, 0) is 62.8 Å². The van der Waals surface area contributed by atoms with Crippen LogP contribution in [0.15, 0.2) is 24.3 Å². The van der Waals surface area contributed by atoms with Crippen molar-refractivity contribution in [1.82, 2.24) is 10.6 Å². The first-order valence-corrected chi connectivity index (χ1v) is 15.2. The summed E-state index contributed by atoms with van der Waals surface area (Å²) in [6.07, 6.45) is 5.07. The number of rotatable bonds is 17. The summed E-state index contributed by atoms with van der Waals surface area (Å²) < 4.78 is 25.4. The van der Waals surface area contributed by atoms with Gasteiger partial charge in [0.1, 0.15) is 12.1 Å². The number of carbonyl (C=O) groups excluding carboxylic acids is 2. The Hall–Kier alpha value is -3.23. The number of unbranched alkanes of at least 4 members (excludes halogenated alkanes) is 1. The zero-order valence-corrected chi connectivity index (χ0v) is 23.5. The Kier molecular flexibility index (Phi) is 12.3. The molecule has 0 heterocycles. The van der Waals surface area contributed by atoms with E-state index < -0.39 is 57.3 Å². The van der Waals surface area contributed by atoms with Crippen molar-refractivity contribution < 1.29 is 37.8 Å². The highest BCUT2D eigenvalue weighted by atomic mass is 32.2. The van der Waals surface area contributed by atoms with Crippen molar-refractivity contribution in [2.75, 3.05) is 17.5 Å². The van der Waals surface area contributed by atoms with Gasteiger partial charge in [-0.1, -0.05) is 31.4 Å². The number of benzene rings is 1. The smallest absolute Gasteiger partial charge is 0.326 e. The summed E-state index contributed by atoms with van der Waals surface area (Å²) in [5.41, 5.74) is 11.1. The molecule has 9 N–H and O–H groups in total. The van der Waals surface area contributed by atoms with Crippen LogP contribution >= 0.6 is 0 Å². The molecule has 1 aromatic carbocycles. The number of sulfonamides is 1. The van der Waals surface area contributed by atoms with Gasteiger partial charge in [0.25, 0.3) is 0 Å². The summed E-state index contributed by atoms with van der Waals surface area (Å²) >= 11 is 0. The minimum atomic E-state index is -3.53. The monoisotopic (exact) mass is 583 g/mol. The summed E-state index contributed by atoms with van der Waals surface area (Å²) in [5, 5.41) is 24.6. The SMILES string of the molecule is CS(=O)(=O)Nc1cccc(C[C@H](NC(=O)C2(CC[C@H](NC(=O)[C@@H](N)CCCCN)C(=O)O)CCCC2)C(=O)O)c1. The van der Waals surface area contributed by atoms with Crippen LogP contribution in [0.2, 0.25) is 0 Å². The third-order valence-corrected chi connectivity index (χ3v) is 7.75. The number of nitrogens with one attached hydrogen (secondary N) is 3. The van der Waals surface area contributed by atoms with Gasteiger partial charge in [-0.25, -0.2) is 18.0 Å². The number of carbonyl (C=O) groups is 4. The van der Waals surface area contributed by atoms with Crippen molar-refractivity contribution in [2.24, 2.45) is 16.9 Å². The molecule has 1 aromatic rings. The van der Waals surface area contributed by atoms with Gasteiger partial charge >= 0.3 is 11.9 Å². The maximum atomic E-state index is 13.5. The van der Waals surface area contributed by atoms with E-state index >= 15 is 0 Å². The van der Waals surface area contributed by atoms with Gasteiger partial charge in [0.2, 0.25) is 21.8 Å². The lowest BCUT2D eigenvalue weighted by atomic mass is 9.79. The Morgan fingerprint density at radius 1 is 1.00 bits per heavy atom. The van der Waals surface area contributed by atoms with E-state index in [4.69, 9.17) is 11.5 Å². The van der Waals surface area contributed by atoms with E-state index in [9.17, 15) is 37.8 Å². The second kappa shape index (κ2) is 15.0. The van der Waals surface area contributed by atoms with E-state index in [-0.39, 0.29) is 24.9 Å². The van der Waals surface area contributed by atoms with Crippen molar-refractivity contribution in [1.29, 1.82) is 0 Å². The lowest BCUT2D eigenvalue weighted by Crippen LogP contribution is -2.51. The van der Waals surface area contributed by atoms with E-state index in [1.807, 2.05) is 0 Å². The summed E-state index contributed by atoms with van der Waals surface area (Å²) in [4.78, 5) is 49.8. The number of nitrogens with two attached hydrogens (primary N) is 2. The molecular formula is C26H41N5O8S. The summed E-state index contributed by atoms with van der Waals surface area (Å²) in [7, 11) is -3.53. The van der Waals surface area contributed by atoms with Gasteiger partial charge in [-0.3, -0.25) is 14.3 Å². The van der Waals surface area contributed by atoms with Crippen molar-refractivity contribution in [3.63, 3.8) is 0 Å². The van der Waals surface area contributed by atoms with Crippen LogP contribution in [0.5, 0.6) is 0 Å². The van der Waals surface area contributed by atoms with E-state index in [1.54, 1.807) is 12.1 Å². The molecular weight excluding hydrogens is 542 g/mol. The zero-order chi connectivity index (χ0) is 29.9. The molecule has 1 fully saturated rings. The maximum absolute atomic E-state index is 13.5. The summed E-state index contributed by atoms with van der Waals surface area (Å²) in [5.74, 6) is -3.59. The van der Waals surface area contributed by atoms with Gasteiger partial charge in [-0.2, -0.15) is 0 Å². The molecule has 40 heavy (non-hydrogen) atoms. The maximum Gasteiger partial charge on any atom is 0.326 e. The third-order valence-electron chi connectivity index (χ3n) is 7.15. The second-order valence-corrected chi connectivity index (χ2v) is 12.2. The Morgan fingerprint density at radius 2 is 1.65 bits per heavy atom. The molecule has 3 atom stereocenters. The summed E-state index contributed by atoms with van der Waals surface area (Å²) in [6.45, 7) is 0.464. The first-order valence-electron chi connectivity index (χ1n) is 13.4. The molecule has 0 spiro atoms. The van der Waals surface area contributed by atoms with Crippen LogP contribution in [0.3, 0.4) is 0 Å². The number of carboxylic acids is 2. The minimum absolute atomic E-state index is 0.0268. The highest BCUT2D eigenvalue weighted by Gasteiger charge is 2.43. The van der Waals surface area contributed by atoms with Gasteiger partial charge in [0.15, 0.2) is 0 Å². The number of hydrogen-bond donors (Lipinski definition) is 7. The Morgan fingerprint density at radius 3 is 2.23 bits per heavy atom. The molecule has 0 unspecified atom stereocenters. The number of aliphatic carboxylic acids is 2. The first kappa shape index (κ1) is 33.0. The predicted molar refractivity (Wildman–Crippen MR) is 149 cm³/mol. The number of hydrogen-bond acceptors (Lipinski definition) is 8. The molecule has 0 bridgehead atoms. The van der Waals surface area contributed by atoms with Crippen LogP contribution in [0.25, 0.3) is 0 Å². The Balaban J connectivity index is 2.09. The van der Waals surface area contributed by atoms with Crippen LogP contribution in [-0.4, -0.2) is 73.3 Å². The molecule has 13 nitrogen and oxygen atoms in total. The van der Waals surface area contributed by atoms with E-state index in [0.717, 1.165) is 19.1 Å². The third kappa shape index (κ3) is 10.4. The minimum Gasteiger partial charge on any atom is -0.480 e. The fourth-order valence-corrected chi connectivity index (χ4v) is 5.52. The molecule has 0 radical (unpaired) electrons. The molecule has 2 rings (SSSR count). The highest BCUT2D eigenvalue weighted by molar-refractivity contribution is 7.92. The van der Waals surface area contributed by atoms with Crippen LogP contribution in [0, 0.1) is 5.41 Å². The van der Waals surface area contributed by atoms with Crippen molar-refractivity contribution in [3.8, 4) is 0 Å². The molecule has 0 aromatic heterocycles. The van der Waals surface area contributed by atoms with E-state index in [1.165, 1.54) is 12.1 Å². The van der Waals surface area contributed by atoms with Gasteiger partial charge < -0.3 is 32.3 Å². The number of anilines is 1. The van der Waals surface area contributed by atoms with Gasteiger partial charge in [0, 0.05) is 17.5 Å². The molecule has 1 saturated carbocycles. The molecule has 2 amide bonds. The Labute approximate surface area is 234 Å². The predicted octanol–water partition coefficient (Wildman–Crippen LogP) is 0.536. The molecule has 0 aliphatic heterocycles. The van der Waals surface area contributed by atoms with Crippen LogP contribution in [0.4, 0.5) is 5.69 Å². The number of carboxylic acid groups (broad SMARTS) is 2. The van der Waals surface area contributed by atoms with Crippen molar-refractivity contribution in [2.45, 2.75) is 82.3 Å². The van der Waals surface area contributed by atoms with Gasteiger partial charge in [0.05, 0.1) is 12.3 Å². The molecule has 1 aliphatic rings. The highest BCUT2D eigenvalue weighted by Crippen LogP contribution is 2.42. The van der Waals surface area contributed by atoms with E-state index in [2.05, 4.69) is 15.4 Å². The van der Waals surface area contributed by atoms with Crippen molar-refractivity contribution in [3.05, 3.63) is 29.8 Å². The fourth-order valence-electron chi connectivity index (χ4n) is 4.96. The largest absolute Gasteiger partial charge is 0.480 e. The summed E-state index contributed by atoms with van der Waals surface area (Å²) in [6, 6.07) is 2.80. The second-order valence-electron chi connectivity index (χ2n) is 10.5. The van der Waals surface area contributed by atoms with Crippen molar-refractivity contribution >= 4 is 39.5 Å². The topological polar surface area (TPSA) is 231 Å². The van der Waals surface area contributed by atoms with Crippen LogP contribution in [0.1, 0.15) is 63.4 Å². The zero-order valence-electron chi connectivity index (χ0n) is 22.7. The van der Waals surface area contributed by atoms with Gasteiger partial charge in [-0.15, -0.1) is 0 Å². The quantitative estimate of drug-likeness (QED) is 0.126. The van der Waals surface area contributed by atoms with Crippen LogP contribution < -0.4 is 26.8 Å². The lowest BCUT2D eigenvalue weighted by molar-refractivity contribution is -0.144. The first-order chi connectivity index (χ1) is 18.8. The molecule has 0 saturated heterocycles. The normalized spacial score (nSPS) is 16.9. The average molecular weight is 584 g/mol. The van der Waals surface area contributed by atoms with Crippen LogP contribution in [-0.2, 0) is 35.6 Å². The average Bonchev–Trinajstić information content (AvgIpc) is 3.35. The Bertz CT molecular complexity index is 1150. The fraction of sp³-hybridized carbons (Fsp3) is 0.615.